The number of nitrogens with one attached hydrogen (secondary N) is 2. The van der Waals surface area contributed by atoms with E-state index < -0.39 is 11.6 Å². The summed E-state index contributed by atoms with van der Waals surface area (Å²) in [6.07, 6.45) is 3.37. The summed E-state index contributed by atoms with van der Waals surface area (Å²) in [4.78, 5) is 11.8. The second-order valence-corrected chi connectivity index (χ2v) is 5.90. The lowest BCUT2D eigenvalue weighted by Gasteiger charge is -2.22. The smallest absolute Gasteiger partial charge is 0.224 e. The van der Waals surface area contributed by atoms with Crippen molar-refractivity contribution in [2.24, 2.45) is 5.92 Å². The standard InChI is InChI=1S/C14H17BrF2N2O/c15-11-6-10(16)7-12(17)14(11)19-13(20)4-3-9-2-1-5-18-8-9/h6-7,9,18H,1-5,8H2,(H,19,20). The van der Waals surface area contributed by atoms with E-state index in [2.05, 4.69) is 26.6 Å². The Morgan fingerprint density at radius 2 is 2.25 bits per heavy atom. The van der Waals surface area contributed by atoms with Gasteiger partial charge in [0.05, 0.1) is 5.69 Å². The second kappa shape index (κ2) is 7.13. The van der Waals surface area contributed by atoms with Crippen LogP contribution in [0.3, 0.4) is 0 Å². The fraction of sp³-hybridized carbons (Fsp3) is 0.500. The summed E-state index contributed by atoms with van der Waals surface area (Å²) in [5, 5.41) is 5.79. The molecule has 2 N–H and O–H groups in total. The number of anilines is 1. The van der Waals surface area contributed by atoms with E-state index in [4.69, 9.17) is 0 Å². The third kappa shape index (κ3) is 4.24. The molecule has 20 heavy (non-hydrogen) atoms. The fourth-order valence-electron chi connectivity index (χ4n) is 2.37. The Kier molecular flexibility index (Phi) is 5.48. The summed E-state index contributed by atoms with van der Waals surface area (Å²) < 4.78 is 26.7. The van der Waals surface area contributed by atoms with Crippen molar-refractivity contribution in [2.75, 3.05) is 18.4 Å². The first-order valence-corrected chi connectivity index (χ1v) is 7.50. The predicted octanol–water partition coefficient (Wildman–Crippen LogP) is 3.45. The molecule has 2 rings (SSSR count). The molecule has 1 heterocycles. The molecule has 6 heteroatoms. The molecule has 1 unspecified atom stereocenters. The fourth-order valence-corrected chi connectivity index (χ4v) is 2.88. The van der Waals surface area contributed by atoms with E-state index in [1.807, 2.05) is 0 Å². The van der Waals surface area contributed by atoms with Crippen molar-refractivity contribution in [2.45, 2.75) is 25.7 Å². The molecule has 1 aliphatic heterocycles. The summed E-state index contributed by atoms with van der Waals surface area (Å²) in [6, 6.07) is 1.88. The zero-order valence-electron chi connectivity index (χ0n) is 11.0. The van der Waals surface area contributed by atoms with Gasteiger partial charge < -0.3 is 10.6 Å². The number of piperidine rings is 1. The Morgan fingerprint density at radius 3 is 2.90 bits per heavy atom. The Morgan fingerprint density at radius 1 is 1.45 bits per heavy atom. The summed E-state index contributed by atoms with van der Waals surface area (Å²) in [7, 11) is 0. The SMILES string of the molecule is O=C(CCC1CCCNC1)Nc1c(F)cc(F)cc1Br. The van der Waals surface area contributed by atoms with Gasteiger partial charge in [-0.05, 0) is 60.3 Å². The van der Waals surface area contributed by atoms with E-state index in [1.54, 1.807) is 0 Å². The quantitative estimate of drug-likeness (QED) is 0.876. The van der Waals surface area contributed by atoms with Gasteiger partial charge in [0.2, 0.25) is 5.91 Å². The van der Waals surface area contributed by atoms with Crippen molar-refractivity contribution >= 4 is 27.5 Å². The summed E-state index contributed by atoms with van der Waals surface area (Å²) in [5.41, 5.74) is -0.00170. The van der Waals surface area contributed by atoms with Crippen LogP contribution in [0, 0.1) is 17.6 Å². The van der Waals surface area contributed by atoms with Crippen LogP contribution < -0.4 is 10.6 Å². The van der Waals surface area contributed by atoms with Crippen molar-refractivity contribution in [3.8, 4) is 0 Å². The number of halogens is 3. The number of carbonyl (C=O) groups is 1. The van der Waals surface area contributed by atoms with Crippen LogP contribution in [0.1, 0.15) is 25.7 Å². The van der Waals surface area contributed by atoms with E-state index in [0.29, 0.717) is 12.3 Å². The number of amides is 1. The van der Waals surface area contributed by atoms with Gasteiger partial charge in [-0.1, -0.05) is 0 Å². The minimum atomic E-state index is -0.774. The minimum Gasteiger partial charge on any atom is -0.323 e. The molecule has 0 aromatic heterocycles. The second-order valence-electron chi connectivity index (χ2n) is 5.04. The molecule has 1 atom stereocenters. The lowest BCUT2D eigenvalue weighted by Crippen LogP contribution is -2.30. The first-order chi connectivity index (χ1) is 9.56. The summed E-state index contributed by atoms with van der Waals surface area (Å²) >= 11 is 3.05. The first kappa shape index (κ1) is 15.4. The van der Waals surface area contributed by atoms with Crippen LogP contribution in [0.5, 0.6) is 0 Å². The van der Waals surface area contributed by atoms with Gasteiger partial charge in [-0.15, -0.1) is 0 Å². The molecular formula is C14H17BrF2N2O. The van der Waals surface area contributed by atoms with E-state index in [9.17, 15) is 13.6 Å². The number of carbonyl (C=O) groups excluding carboxylic acids is 1. The number of benzene rings is 1. The Labute approximate surface area is 125 Å². The van der Waals surface area contributed by atoms with E-state index >= 15 is 0 Å². The van der Waals surface area contributed by atoms with Crippen LogP contribution in [0.15, 0.2) is 16.6 Å². The van der Waals surface area contributed by atoms with Crippen LogP contribution in [0.4, 0.5) is 14.5 Å². The maximum atomic E-state index is 13.6. The van der Waals surface area contributed by atoms with Crippen molar-refractivity contribution in [3.05, 3.63) is 28.2 Å². The molecule has 1 amide bonds. The van der Waals surface area contributed by atoms with Crippen LogP contribution in [0.25, 0.3) is 0 Å². The molecule has 1 fully saturated rings. The van der Waals surface area contributed by atoms with Crippen LogP contribution in [0.2, 0.25) is 0 Å². The van der Waals surface area contributed by atoms with E-state index in [1.165, 1.54) is 0 Å². The topological polar surface area (TPSA) is 41.1 Å². The lowest BCUT2D eigenvalue weighted by atomic mass is 9.94. The van der Waals surface area contributed by atoms with Gasteiger partial charge in [-0.2, -0.15) is 0 Å². The normalized spacial score (nSPS) is 18.9. The molecule has 0 saturated carbocycles. The van der Waals surface area contributed by atoms with Crippen LogP contribution >= 0.6 is 15.9 Å². The van der Waals surface area contributed by atoms with Gasteiger partial charge >= 0.3 is 0 Å². The Hall–Kier alpha value is -1.01. The van der Waals surface area contributed by atoms with Gasteiger partial charge in [-0.3, -0.25) is 4.79 Å². The molecule has 0 spiro atoms. The van der Waals surface area contributed by atoms with E-state index in [-0.39, 0.29) is 16.1 Å². The highest BCUT2D eigenvalue weighted by atomic mass is 79.9. The molecule has 1 aromatic rings. The molecule has 0 aliphatic carbocycles. The van der Waals surface area contributed by atoms with Gasteiger partial charge in [0.25, 0.3) is 0 Å². The molecule has 3 nitrogen and oxygen atoms in total. The first-order valence-electron chi connectivity index (χ1n) is 6.71. The number of hydrogen-bond acceptors (Lipinski definition) is 2. The van der Waals surface area contributed by atoms with Gasteiger partial charge in [0, 0.05) is 17.0 Å². The molecule has 1 saturated heterocycles. The third-order valence-corrected chi connectivity index (χ3v) is 4.08. The molecule has 1 aliphatic rings. The predicted molar refractivity (Wildman–Crippen MR) is 77.5 cm³/mol. The van der Waals surface area contributed by atoms with Crippen LogP contribution in [-0.2, 0) is 4.79 Å². The Balaban J connectivity index is 1.88. The van der Waals surface area contributed by atoms with Crippen molar-refractivity contribution in [1.29, 1.82) is 0 Å². The maximum absolute atomic E-state index is 13.6. The van der Waals surface area contributed by atoms with Gasteiger partial charge in [0.15, 0.2) is 5.82 Å². The highest BCUT2D eigenvalue weighted by molar-refractivity contribution is 9.10. The average molecular weight is 347 g/mol. The summed E-state index contributed by atoms with van der Waals surface area (Å²) in [6.45, 7) is 1.97. The summed E-state index contributed by atoms with van der Waals surface area (Å²) in [5.74, 6) is -1.21. The molecule has 1 aromatic carbocycles. The average Bonchev–Trinajstić information content (AvgIpc) is 2.42. The lowest BCUT2D eigenvalue weighted by molar-refractivity contribution is -0.116. The van der Waals surface area contributed by atoms with Crippen molar-refractivity contribution < 1.29 is 13.6 Å². The highest BCUT2D eigenvalue weighted by Crippen LogP contribution is 2.27. The van der Waals surface area contributed by atoms with Gasteiger partial charge in [0.1, 0.15) is 5.82 Å². The Bertz CT molecular complexity index is 467. The highest BCUT2D eigenvalue weighted by Gasteiger charge is 2.16. The van der Waals surface area contributed by atoms with Crippen molar-refractivity contribution in [3.63, 3.8) is 0 Å². The molecule has 0 bridgehead atoms. The van der Waals surface area contributed by atoms with Gasteiger partial charge in [-0.25, -0.2) is 8.78 Å². The minimum absolute atomic E-state index is 0.00170. The maximum Gasteiger partial charge on any atom is 0.224 e. The number of hydrogen-bond donors (Lipinski definition) is 2. The van der Waals surface area contributed by atoms with Crippen LogP contribution in [-0.4, -0.2) is 19.0 Å². The zero-order valence-corrected chi connectivity index (χ0v) is 12.6. The largest absolute Gasteiger partial charge is 0.323 e. The number of rotatable bonds is 4. The molecule has 0 radical (unpaired) electrons. The zero-order chi connectivity index (χ0) is 14.5. The molecular weight excluding hydrogens is 330 g/mol. The molecule has 110 valence electrons. The van der Waals surface area contributed by atoms with Crippen molar-refractivity contribution in [1.82, 2.24) is 5.32 Å². The monoisotopic (exact) mass is 346 g/mol. The van der Waals surface area contributed by atoms with E-state index in [0.717, 1.165) is 44.5 Å². The third-order valence-electron chi connectivity index (χ3n) is 3.45.